The second-order valence-electron chi connectivity index (χ2n) is 4.88. The quantitative estimate of drug-likeness (QED) is 0.909. The first-order valence-corrected chi connectivity index (χ1v) is 6.90. The first-order chi connectivity index (χ1) is 9.27. The molecule has 1 aliphatic rings. The van der Waals surface area contributed by atoms with Gasteiger partial charge in [0.05, 0.1) is 13.2 Å². The number of para-hydroxylation sites is 1. The molecule has 1 atom stereocenters. The predicted octanol–water partition coefficient (Wildman–Crippen LogP) is 2.52. The number of nitrogens with two attached hydrogens (primary N) is 1. The minimum atomic E-state index is 0. The number of hydrogen-bond acceptors (Lipinski definition) is 3. The minimum absolute atomic E-state index is 0. The minimum Gasteiger partial charge on any atom is -0.496 e. The fourth-order valence-electron chi connectivity index (χ4n) is 2.73. The van der Waals surface area contributed by atoms with Gasteiger partial charge in [-0.05, 0) is 31.9 Å². The van der Waals surface area contributed by atoms with Crippen molar-refractivity contribution in [3.8, 4) is 5.75 Å². The van der Waals surface area contributed by atoms with E-state index in [2.05, 4.69) is 6.07 Å². The highest BCUT2D eigenvalue weighted by atomic mass is 35.5. The van der Waals surface area contributed by atoms with Crippen molar-refractivity contribution in [1.29, 1.82) is 0 Å². The number of ether oxygens (including phenoxy) is 1. The summed E-state index contributed by atoms with van der Waals surface area (Å²) in [7, 11) is 1.67. The van der Waals surface area contributed by atoms with Gasteiger partial charge in [-0.2, -0.15) is 0 Å². The number of amides is 1. The highest BCUT2D eigenvalue weighted by molar-refractivity contribution is 5.85. The average Bonchev–Trinajstić information content (AvgIpc) is 2.94. The Kier molecular flexibility index (Phi) is 6.82. The lowest BCUT2D eigenvalue weighted by Gasteiger charge is -2.26. The number of hydrogen-bond donors (Lipinski definition) is 1. The van der Waals surface area contributed by atoms with E-state index in [4.69, 9.17) is 10.5 Å². The normalized spacial score (nSPS) is 17.7. The predicted molar refractivity (Wildman–Crippen MR) is 82.2 cm³/mol. The smallest absolute Gasteiger partial charge is 0.223 e. The molecule has 1 fully saturated rings. The molecule has 1 unspecified atom stereocenters. The van der Waals surface area contributed by atoms with Gasteiger partial charge in [-0.1, -0.05) is 18.2 Å². The van der Waals surface area contributed by atoms with Crippen LogP contribution < -0.4 is 10.5 Å². The second-order valence-corrected chi connectivity index (χ2v) is 4.88. The molecule has 0 spiro atoms. The Balaban J connectivity index is 0.00000200. The van der Waals surface area contributed by atoms with Crippen LogP contribution in [0.5, 0.6) is 5.75 Å². The molecule has 0 saturated carbocycles. The number of nitrogens with zero attached hydrogens (tertiary/aromatic N) is 1. The number of carbonyl (C=O) groups excluding carboxylic acids is 1. The molecule has 0 bridgehead atoms. The van der Waals surface area contributed by atoms with E-state index in [-0.39, 0.29) is 24.4 Å². The lowest BCUT2D eigenvalue weighted by molar-refractivity contribution is -0.132. The van der Waals surface area contributed by atoms with Gasteiger partial charge in [-0.15, -0.1) is 12.4 Å². The van der Waals surface area contributed by atoms with Crippen LogP contribution in [0.25, 0.3) is 0 Å². The molecule has 20 heavy (non-hydrogen) atoms. The van der Waals surface area contributed by atoms with Crippen LogP contribution in [-0.4, -0.2) is 31.0 Å². The molecule has 1 heterocycles. The van der Waals surface area contributed by atoms with Gasteiger partial charge in [-0.3, -0.25) is 4.79 Å². The highest BCUT2D eigenvalue weighted by Crippen LogP contribution is 2.37. The van der Waals surface area contributed by atoms with E-state index in [1.165, 1.54) is 0 Å². The Bertz CT molecular complexity index is 440. The van der Waals surface area contributed by atoms with E-state index in [0.29, 0.717) is 13.0 Å². The molecule has 0 aliphatic carbocycles. The Hall–Kier alpha value is -1.26. The zero-order chi connectivity index (χ0) is 13.7. The van der Waals surface area contributed by atoms with Crippen LogP contribution in [0.1, 0.15) is 37.3 Å². The van der Waals surface area contributed by atoms with Crippen LogP contribution in [0.3, 0.4) is 0 Å². The standard InChI is InChI=1S/C15H22N2O2.ClH/c1-19-14-8-3-2-6-12(14)13-7-5-11-17(13)15(18)9-4-10-16;/h2-3,6,8,13H,4-5,7,9-11,16H2,1H3;1H. The molecule has 0 aromatic heterocycles. The first kappa shape index (κ1) is 16.8. The van der Waals surface area contributed by atoms with E-state index in [0.717, 1.165) is 37.1 Å². The zero-order valence-corrected chi connectivity index (χ0v) is 12.7. The molecule has 1 amide bonds. The summed E-state index contributed by atoms with van der Waals surface area (Å²) in [5.41, 5.74) is 6.59. The van der Waals surface area contributed by atoms with Crippen LogP contribution in [0.4, 0.5) is 0 Å². The lowest BCUT2D eigenvalue weighted by atomic mass is 10.0. The molecule has 1 aromatic rings. The van der Waals surface area contributed by atoms with Crippen molar-refractivity contribution in [1.82, 2.24) is 4.90 Å². The molecular formula is C15H23ClN2O2. The van der Waals surface area contributed by atoms with Crippen molar-refractivity contribution in [2.45, 2.75) is 31.7 Å². The molecule has 2 rings (SSSR count). The maximum Gasteiger partial charge on any atom is 0.223 e. The number of likely N-dealkylation sites (tertiary alicyclic amines) is 1. The molecule has 112 valence electrons. The number of rotatable bonds is 5. The SMILES string of the molecule is COc1ccccc1C1CCCN1C(=O)CCCN.Cl. The number of carbonyl (C=O) groups is 1. The molecule has 1 saturated heterocycles. The van der Waals surface area contributed by atoms with E-state index < -0.39 is 0 Å². The molecule has 2 N–H and O–H groups in total. The number of methoxy groups -OCH3 is 1. The van der Waals surface area contributed by atoms with E-state index >= 15 is 0 Å². The highest BCUT2D eigenvalue weighted by Gasteiger charge is 2.31. The van der Waals surface area contributed by atoms with Crippen molar-refractivity contribution >= 4 is 18.3 Å². The number of halogens is 1. The van der Waals surface area contributed by atoms with Gasteiger partial charge >= 0.3 is 0 Å². The summed E-state index contributed by atoms with van der Waals surface area (Å²) >= 11 is 0. The van der Waals surface area contributed by atoms with E-state index in [1.807, 2.05) is 23.1 Å². The van der Waals surface area contributed by atoms with Crippen LogP contribution >= 0.6 is 12.4 Å². The maximum absolute atomic E-state index is 12.2. The molecule has 0 radical (unpaired) electrons. The summed E-state index contributed by atoms with van der Waals surface area (Å²) in [4.78, 5) is 14.2. The Morgan fingerprint density at radius 3 is 2.90 bits per heavy atom. The van der Waals surface area contributed by atoms with Gasteiger partial charge in [0.25, 0.3) is 0 Å². The Morgan fingerprint density at radius 1 is 1.45 bits per heavy atom. The third kappa shape index (κ3) is 3.64. The summed E-state index contributed by atoms with van der Waals surface area (Å²) in [5, 5.41) is 0. The van der Waals surface area contributed by atoms with Crippen molar-refractivity contribution in [2.75, 3.05) is 20.2 Å². The monoisotopic (exact) mass is 298 g/mol. The Morgan fingerprint density at radius 2 is 2.20 bits per heavy atom. The summed E-state index contributed by atoms with van der Waals surface area (Å²) < 4.78 is 5.41. The zero-order valence-electron chi connectivity index (χ0n) is 11.9. The van der Waals surface area contributed by atoms with E-state index in [9.17, 15) is 4.79 Å². The fourth-order valence-corrected chi connectivity index (χ4v) is 2.73. The largest absolute Gasteiger partial charge is 0.496 e. The van der Waals surface area contributed by atoms with Crippen molar-refractivity contribution in [2.24, 2.45) is 5.73 Å². The molecule has 1 aromatic carbocycles. The molecule has 4 nitrogen and oxygen atoms in total. The summed E-state index contributed by atoms with van der Waals surface area (Å²) in [5.74, 6) is 1.07. The van der Waals surface area contributed by atoms with Crippen molar-refractivity contribution in [3.63, 3.8) is 0 Å². The summed E-state index contributed by atoms with van der Waals surface area (Å²) in [6.07, 6.45) is 3.36. The van der Waals surface area contributed by atoms with Gasteiger partial charge in [0, 0.05) is 18.5 Å². The van der Waals surface area contributed by atoms with Gasteiger partial charge in [0.2, 0.25) is 5.91 Å². The van der Waals surface area contributed by atoms with Gasteiger partial charge in [0.1, 0.15) is 5.75 Å². The summed E-state index contributed by atoms with van der Waals surface area (Å²) in [6, 6.07) is 8.12. The molecule has 1 aliphatic heterocycles. The molecule has 5 heteroatoms. The van der Waals surface area contributed by atoms with Crippen LogP contribution in [-0.2, 0) is 4.79 Å². The third-order valence-electron chi connectivity index (χ3n) is 3.67. The van der Waals surface area contributed by atoms with Crippen LogP contribution in [0.2, 0.25) is 0 Å². The van der Waals surface area contributed by atoms with Crippen LogP contribution in [0, 0.1) is 0 Å². The topological polar surface area (TPSA) is 55.6 Å². The van der Waals surface area contributed by atoms with Gasteiger partial charge < -0.3 is 15.4 Å². The average molecular weight is 299 g/mol. The molecular weight excluding hydrogens is 276 g/mol. The van der Waals surface area contributed by atoms with Crippen molar-refractivity contribution in [3.05, 3.63) is 29.8 Å². The lowest BCUT2D eigenvalue weighted by Crippen LogP contribution is -2.30. The first-order valence-electron chi connectivity index (χ1n) is 6.90. The second kappa shape index (κ2) is 8.12. The Labute approximate surface area is 126 Å². The fraction of sp³-hybridized carbons (Fsp3) is 0.533. The van der Waals surface area contributed by atoms with E-state index in [1.54, 1.807) is 7.11 Å². The maximum atomic E-state index is 12.2. The third-order valence-corrected chi connectivity index (χ3v) is 3.67. The van der Waals surface area contributed by atoms with Crippen LogP contribution in [0.15, 0.2) is 24.3 Å². The van der Waals surface area contributed by atoms with Gasteiger partial charge in [-0.25, -0.2) is 0 Å². The van der Waals surface area contributed by atoms with Crippen molar-refractivity contribution < 1.29 is 9.53 Å². The van der Waals surface area contributed by atoms with Gasteiger partial charge in [0.15, 0.2) is 0 Å². The number of benzene rings is 1. The summed E-state index contributed by atoms with van der Waals surface area (Å²) in [6.45, 7) is 1.41.